The van der Waals surface area contributed by atoms with Crippen molar-refractivity contribution in [3.63, 3.8) is 0 Å². The molecule has 88 valence electrons. The van der Waals surface area contributed by atoms with Gasteiger partial charge < -0.3 is 0 Å². The average Bonchev–Trinajstić information content (AvgIpc) is 3.00. The Morgan fingerprint density at radius 1 is 1.35 bits per heavy atom. The normalized spacial score (nSPS) is 22.8. The first kappa shape index (κ1) is 10.5. The molecule has 1 aliphatic heterocycles. The Balaban J connectivity index is 1.83. The van der Waals surface area contributed by atoms with Crippen LogP contribution in [0.3, 0.4) is 0 Å². The van der Waals surface area contributed by atoms with Crippen molar-refractivity contribution in [2.24, 2.45) is 5.10 Å². The molecule has 1 aromatic rings. The number of hydrazone groups is 1. The van der Waals surface area contributed by atoms with Crippen molar-refractivity contribution in [3.05, 3.63) is 40.1 Å². The van der Waals surface area contributed by atoms with Crippen LogP contribution in [-0.4, -0.2) is 12.0 Å². The van der Waals surface area contributed by atoms with Crippen molar-refractivity contribution in [2.45, 2.75) is 12.6 Å². The quantitative estimate of drug-likeness (QED) is 0.749. The summed E-state index contributed by atoms with van der Waals surface area (Å²) >= 11 is 1.62. The number of rotatable bonds is 2. The fraction of sp³-hybridized carbons (Fsp3) is 0.182. The van der Waals surface area contributed by atoms with Crippen molar-refractivity contribution in [2.75, 3.05) is 0 Å². The summed E-state index contributed by atoms with van der Waals surface area (Å²) in [5.41, 5.74) is 9.29. The largest absolute Gasteiger partial charge is 0.284 e. The molecule has 1 unspecified atom stereocenters. The predicted molar refractivity (Wildman–Crippen MR) is 66.9 cm³/mol. The van der Waals surface area contributed by atoms with Crippen molar-refractivity contribution in [3.8, 4) is 0 Å². The average molecular weight is 250 g/mol. The molecule has 3 rings (SSSR count). The SMILES string of the molecule is FC1C=CC(c2ccc(C3=NNNN3)s2)=CC1. The maximum absolute atomic E-state index is 12.9. The van der Waals surface area contributed by atoms with Gasteiger partial charge in [-0.05, 0) is 23.8 Å². The van der Waals surface area contributed by atoms with Crippen LogP contribution in [0, 0.1) is 0 Å². The van der Waals surface area contributed by atoms with Gasteiger partial charge in [0.05, 0.1) is 4.88 Å². The first-order chi connectivity index (χ1) is 8.33. The highest BCUT2D eigenvalue weighted by Crippen LogP contribution is 2.28. The van der Waals surface area contributed by atoms with Crippen LogP contribution in [0.15, 0.2) is 35.5 Å². The number of amidine groups is 1. The van der Waals surface area contributed by atoms with Crippen molar-refractivity contribution in [1.82, 2.24) is 16.5 Å². The van der Waals surface area contributed by atoms with Crippen LogP contribution >= 0.6 is 11.3 Å². The third kappa shape index (κ3) is 2.09. The molecule has 0 aromatic carbocycles. The van der Waals surface area contributed by atoms with Crippen LogP contribution in [-0.2, 0) is 0 Å². The van der Waals surface area contributed by atoms with E-state index in [1.165, 1.54) is 0 Å². The van der Waals surface area contributed by atoms with Gasteiger partial charge in [0.15, 0.2) is 5.84 Å². The van der Waals surface area contributed by atoms with E-state index in [0.717, 1.165) is 21.2 Å². The van der Waals surface area contributed by atoms with Crippen molar-refractivity contribution in [1.29, 1.82) is 0 Å². The lowest BCUT2D eigenvalue weighted by Crippen LogP contribution is -2.34. The van der Waals surface area contributed by atoms with Gasteiger partial charge in [-0.15, -0.1) is 22.0 Å². The number of alkyl halides is 1. The molecule has 17 heavy (non-hydrogen) atoms. The van der Waals surface area contributed by atoms with E-state index < -0.39 is 6.17 Å². The Morgan fingerprint density at radius 2 is 2.24 bits per heavy atom. The second kappa shape index (κ2) is 4.31. The molecule has 1 aliphatic carbocycles. The van der Waals surface area contributed by atoms with E-state index >= 15 is 0 Å². The molecule has 0 spiro atoms. The molecule has 0 amide bonds. The molecule has 4 nitrogen and oxygen atoms in total. The fourth-order valence-corrected chi connectivity index (χ4v) is 2.68. The first-order valence-electron chi connectivity index (χ1n) is 5.29. The molecule has 6 heteroatoms. The molecule has 3 N–H and O–H groups in total. The molecule has 2 aliphatic rings. The summed E-state index contributed by atoms with van der Waals surface area (Å²) in [5.74, 6) is 0.769. The fourth-order valence-electron chi connectivity index (χ4n) is 1.71. The lowest BCUT2D eigenvalue weighted by atomic mass is 10.0. The maximum Gasteiger partial charge on any atom is 0.180 e. The molecule has 0 saturated carbocycles. The van der Waals surface area contributed by atoms with Gasteiger partial charge in [0.2, 0.25) is 0 Å². The minimum absolute atomic E-state index is 0.460. The maximum atomic E-state index is 12.9. The molecule has 2 heterocycles. The van der Waals surface area contributed by atoms with Gasteiger partial charge in [0.25, 0.3) is 0 Å². The van der Waals surface area contributed by atoms with Gasteiger partial charge in [-0.2, -0.15) is 0 Å². The van der Waals surface area contributed by atoms with Crippen LogP contribution in [0.5, 0.6) is 0 Å². The highest BCUT2D eigenvalue weighted by atomic mass is 32.1. The summed E-state index contributed by atoms with van der Waals surface area (Å²) in [6, 6.07) is 4.02. The number of nitrogens with zero attached hydrogens (tertiary/aromatic N) is 1. The zero-order valence-corrected chi connectivity index (χ0v) is 9.72. The minimum Gasteiger partial charge on any atom is -0.284 e. The molecular formula is C11H11FN4S. The Hall–Kier alpha value is -1.66. The van der Waals surface area contributed by atoms with Gasteiger partial charge in [-0.25, -0.2) is 9.93 Å². The van der Waals surface area contributed by atoms with E-state index in [0.29, 0.717) is 6.42 Å². The molecule has 0 fully saturated rings. The third-order valence-electron chi connectivity index (χ3n) is 2.58. The van der Waals surface area contributed by atoms with Gasteiger partial charge in [0.1, 0.15) is 6.17 Å². The lowest BCUT2D eigenvalue weighted by Gasteiger charge is -2.07. The van der Waals surface area contributed by atoms with E-state index in [1.807, 2.05) is 24.3 Å². The molecule has 1 atom stereocenters. The van der Waals surface area contributed by atoms with E-state index in [1.54, 1.807) is 17.4 Å². The Morgan fingerprint density at radius 3 is 2.94 bits per heavy atom. The molecule has 0 saturated heterocycles. The zero-order valence-electron chi connectivity index (χ0n) is 8.90. The summed E-state index contributed by atoms with van der Waals surface area (Å²) in [5, 5.41) is 4.03. The number of allylic oxidation sites excluding steroid dienone is 4. The van der Waals surface area contributed by atoms with Crippen LogP contribution < -0.4 is 16.5 Å². The number of hydrogen-bond acceptors (Lipinski definition) is 5. The van der Waals surface area contributed by atoms with Crippen molar-refractivity contribution < 1.29 is 4.39 Å². The van der Waals surface area contributed by atoms with Crippen LogP contribution in [0.4, 0.5) is 4.39 Å². The third-order valence-corrected chi connectivity index (χ3v) is 3.72. The highest BCUT2D eigenvalue weighted by Gasteiger charge is 2.13. The number of halogens is 1. The number of nitrogens with one attached hydrogen (secondary N) is 3. The monoisotopic (exact) mass is 250 g/mol. The lowest BCUT2D eigenvalue weighted by molar-refractivity contribution is 0.402. The van der Waals surface area contributed by atoms with E-state index in [2.05, 4.69) is 21.6 Å². The van der Waals surface area contributed by atoms with Crippen LogP contribution in [0.2, 0.25) is 0 Å². The summed E-state index contributed by atoms with van der Waals surface area (Å²) in [4.78, 5) is 2.16. The van der Waals surface area contributed by atoms with Gasteiger partial charge in [-0.3, -0.25) is 5.43 Å². The molecule has 0 radical (unpaired) electrons. The van der Waals surface area contributed by atoms with Crippen molar-refractivity contribution >= 4 is 22.7 Å². The number of hydrogen-bond donors (Lipinski definition) is 3. The van der Waals surface area contributed by atoms with E-state index in [4.69, 9.17) is 0 Å². The van der Waals surface area contributed by atoms with Gasteiger partial charge in [-0.1, -0.05) is 12.2 Å². The number of thiophene rings is 1. The zero-order chi connectivity index (χ0) is 11.7. The Bertz CT molecular complexity index is 517. The number of hydrazine groups is 2. The Labute approximate surface area is 102 Å². The summed E-state index contributed by atoms with van der Waals surface area (Å²) in [6.45, 7) is 0. The van der Waals surface area contributed by atoms with Crippen LogP contribution in [0.1, 0.15) is 16.2 Å². The summed E-state index contributed by atoms with van der Waals surface area (Å²) < 4.78 is 12.9. The Kier molecular flexibility index (Phi) is 2.66. The van der Waals surface area contributed by atoms with E-state index in [-0.39, 0.29) is 0 Å². The molecule has 0 bridgehead atoms. The predicted octanol–water partition coefficient (Wildman–Crippen LogP) is 1.70. The molecule has 1 aromatic heterocycles. The molecular weight excluding hydrogens is 239 g/mol. The smallest absolute Gasteiger partial charge is 0.180 e. The van der Waals surface area contributed by atoms with E-state index in [9.17, 15) is 4.39 Å². The summed E-state index contributed by atoms with van der Waals surface area (Å²) in [6.07, 6.45) is 4.99. The first-order valence-corrected chi connectivity index (χ1v) is 6.11. The van der Waals surface area contributed by atoms with Crippen LogP contribution in [0.25, 0.3) is 5.57 Å². The highest BCUT2D eigenvalue weighted by molar-refractivity contribution is 7.15. The van der Waals surface area contributed by atoms with Gasteiger partial charge in [0, 0.05) is 11.3 Å². The van der Waals surface area contributed by atoms with Gasteiger partial charge >= 0.3 is 0 Å². The minimum atomic E-state index is -0.840. The standard InChI is InChI=1S/C11H11FN4S/c12-8-3-1-7(2-4-8)9-5-6-10(17-9)11-13-15-16-14-11/h1-3,5-6,8,15-16H,4H2,(H,13,14). The summed E-state index contributed by atoms with van der Waals surface area (Å²) in [7, 11) is 0. The second-order valence-electron chi connectivity index (χ2n) is 3.76. The topological polar surface area (TPSA) is 48.5 Å². The second-order valence-corrected chi connectivity index (χ2v) is 4.84.